The molecule has 3 heteroatoms. The van der Waals surface area contributed by atoms with Gasteiger partial charge >= 0.3 is 5.97 Å². The molecule has 0 N–H and O–H groups in total. The summed E-state index contributed by atoms with van der Waals surface area (Å²) >= 11 is 0. The predicted octanol–water partition coefficient (Wildman–Crippen LogP) is 4.49. The molecule has 130 valence electrons. The van der Waals surface area contributed by atoms with Crippen LogP contribution >= 0.6 is 0 Å². The third-order valence-electron chi connectivity index (χ3n) is 5.40. The summed E-state index contributed by atoms with van der Waals surface area (Å²) in [6.45, 7) is 3.82. The molecule has 1 saturated carbocycles. The van der Waals surface area contributed by atoms with Gasteiger partial charge in [-0.15, -0.1) is 0 Å². The van der Waals surface area contributed by atoms with E-state index in [9.17, 15) is 9.59 Å². The maximum atomic E-state index is 13.1. The Hall–Kier alpha value is -2.42. The van der Waals surface area contributed by atoms with Crippen LogP contribution in [-0.2, 0) is 14.3 Å². The molecule has 0 heterocycles. The molecule has 1 aliphatic rings. The molecule has 0 bridgehead atoms. The molecule has 0 radical (unpaired) electrons. The van der Waals surface area contributed by atoms with Crippen LogP contribution in [-0.4, -0.2) is 18.4 Å². The quantitative estimate of drug-likeness (QED) is 0.610. The van der Waals surface area contributed by atoms with Crippen molar-refractivity contribution in [2.45, 2.75) is 38.5 Å². The Morgan fingerprint density at radius 1 is 1.04 bits per heavy atom. The average Bonchev–Trinajstić information content (AvgIpc) is 2.65. The van der Waals surface area contributed by atoms with Gasteiger partial charge in [0.1, 0.15) is 5.41 Å². The van der Waals surface area contributed by atoms with Crippen LogP contribution in [0.1, 0.15) is 49.7 Å². The van der Waals surface area contributed by atoms with Gasteiger partial charge in [0.2, 0.25) is 0 Å². The normalized spacial score (nSPS) is 26.2. The first-order chi connectivity index (χ1) is 12.1. The van der Waals surface area contributed by atoms with Gasteiger partial charge in [0, 0.05) is 12.3 Å². The summed E-state index contributed by atoms with van der Waals surface area (Å²) in [7, 11) is 0. The molecule has 1 fully saturated rings. The van der Waals surface area contributed by atoms with Crippen LogP contribution in [0.3, 0.4) is 0 Å². The van der Waals surface area contributed by atoms with Crippen molar-refractivity contribution in [2.75, 3.05) is 6.61 Å². The summed E-state index contributed by atoms with van der Waals surface area (Å²) < 4.78 is 5.29. The van der Waals surface area contributed by atoms with Crippen molar-refractivity contribution in [2.24, 2.45) is 5.41 Å². The fourth-order valence-electron chi connectivity index (χ4n) is 3.90. The van der Waals surface area contributed by atoms with E-state index in [-0.39, 0.29) is 24.2 Å². The molecule has 3 atom stereocenters. The zero-order valence-corrected chi connectivity index (χ0v) is 14.8. The minimum Gasteiger partial charge on any atom is -0.465 e. The Morgan fingerprint density at radius 3 is 2.16 bits per heavy atom. The van der Waals surface area contributed by atoms with E-state index in [4.69, 9.17) is 4.74 Å². The van der Waals surface area contributed by atoms with Gasteiger partial charge in [0.25, 0.3) is 0 Å². The number of carbonyl (C=O) groups is 2. The van der Waals surface area contributed by atoms with E-state index in [1.54, 1.807) is 13.8 Å². The molecule has 0 aromatic heterocycles. The van der Waals surface area contributed by atoms with Crippen LogP contribution in [0.25, 0.3) is 0 Å². The average molecular weight is 336 g/mol. The summed E-state index contributed by atoms with van der Waals surface area (Å²) in [6, 6.07) is 20.0. The van der Waals surface area contributed by atoms with Crippen molar-refractivity contribution in [3.05, 3.63) is 71.8 Å². The summed E-state index contributed by atoms with van der Waals surface area (Å²) in [4.78, 5) is 25.8. The van der Waals surface area contributed by atoms with E-state index in [1.807, 2.05) is 48.5 Å². The molecular weight excluding hydrogens is 312 g/mol. The number of hydrogen-bond donors (Lipinski definition) is 0. The number of ketones is 1. The van der Waals surface area contributed by atoms with Gasteiger partial charge in [-0.1, -0.05) is 60.7 Å². The van der Waals surface area contributed by atoms with Crippen LogP contribution < -0.4 is 0 Å². The minimum atomic E-state index is -1.12. The van der Waals surface area contributed by atoms with Crippen molar-refractivity contribution >= 4 is 11.8 Å². The van der Waals surface area contributed by atoms with Crippen LogP contribution in [0.2, 0.25) is 0 Å². The highest BCUT2D eigenvalue weighted by Crippen LogP contribution is 2.50. The first-order valence-corrected chi connectivity index (χ1v) is 8.87. The second kappa shape index (κ2) is 7.22. The smallest absolute Gasteiger partial charge is 0.319 e. The van der Waals surface area contributed by atoms with Gasteiger partial charge in [-0.2, -0.15) is 0 Å². The second-order valence-electron chi connectivity index (χ2n) is 6.86. The molecular formula is C22H24O3. The maximum Gasteiger partial charge on any atom is 0.319 e. The molecule has 0 saturated heterocycles. The van der Waals surface area contributed by atoms with Crippen molar-refractivity contribution in [3.8, 4) is 0 Å². The zero-order valence-electron chi connectivity index (χ0n) is 14.8. The van der Waals surface area contributed by atoms with Crippen LogP contribution in [0.4, 0.5) is 0 Å². The first kappa shape index (κ1) is 17.4. The minimum absolute atomic E-state index is 0.0279. The van der Waals surface area contributed by atoms with Crippen molar-refractivity contribution in [1.29, 1.82) is 0 Å². The molecule has 0 spiro atoms. The number of Topliss-reactive ketones (excluding diaryl/α,β-unsaturated/α-hetero) is 1. The van der Waals surface area contributed by atoms with E-state index >= 15 is 0 Å². The lowest BCUT2D eigenvalue weighted by Crippen LogP contribution is -2.47. The fraction of sp³-hybridized carbons (Fsp3) is 0.364. The predicted molar refractivity (Wildman–Crippen MR) is 97.3 cm³/mol. The number of benzene rings is 2. The fourth-order valence-corrected chi connectivity index (χ4v) is 3.90. The highest BCUT2D eigenvalue weighted by molar-refractivity contribution is 6.05. The molecule has 2 aromatic rings. The van der Waals surface area contributed by atoms with Crippen molar-refractivity contribution in [1.82, 2.24) is 0 Å². The van der Waals surface area contributed by atoms with Gasteiger partial charge < -0.3 is 4.74 Å². The largest absolute Gasteiger partial charge is 0.465 e. The Labute approximate surface area is 149 Å². The lowest BCUT2D eigenvalue weighted by molar-refractivity contribution is -0.162. The highest BCUT2D eigenvalue weighted by Gasteiger charge is 2.53. The third-order valence-corrected chi connectivity index (χ3v) is 5.40. The number of esters is 1. The standard InChI is InChI=1S/C22H24O3/c1-3-25-21(24)22(2)19(17-12-8-5-9-13-17)14-18(15-20(22)23)16-10-6-4-7-11-16/h4-13,18-19H,3,14-15H2,1-2H3/t18-,19-,22-/m0/s1. The number of hydrogen-bond acceptors (Lipinski definition) is 3. The SMILES string of the molecule is CCOC(=O)[C@]1(C)C(=O)C[C@@H](c2ccccc2)C[C@H]1c1ccccc1. The van der Waals surface area contributed by atoms with Gasteiger partial charge in [0.15, 0.2) is 5.78 Å². The van der Waals surface area contributed by atoms with Gasteiger partial charge in [-0.05, 0) is 37.3 Å². The highest BCUT2D eigenvalue weighted by atomic mass is 16.5. The molecule has 0 aliphatic heterocycles. The lowest BCUT2D eigenvalue weighted by Gasteiger charge is -2.41. The molecule has 2 aromatic carbocycles. The Kier molecular flexibility index (Phi) is 5.03. The maximum absolute atomic E-state index is 13.1. The molecule has 1 aliphatic carbocycles. The van der Waals surface area contributed by atoms with E-state index < -0.39 is 11.4 Å². The summed E-state index contributed by atoms with van der Waals surface area (Å²) in [5.41, 5.74) is 1.05. The van der Waals surface area contributed by atoms with Crippen LogP contribution in [0, 0.1) is 5.41 Å². The Balaban J connectivity index is 2.02. The zero-order chi connectivity index (χ0) is 17.9. The van der Waals surface area contributed by atoms with Gasteiger partial charge in [0.05, 0.1) is 6.61 Å². The molecule has 0 unspecified atom stereocenters. The van der Waals surface area contributed by atoms with Crippen molar-refractivity contribution in [3.63, 3.8) is 0 Å². The number of rotatable bonds is 4. The molecule has 25 heavy (non-hydrogen) atoms. The van der Waals surface area contributed by atoms with E-state index in [1.165, 1.54) is 0 Å². The lowest BCUT2D eigenvalue weighted by atomic mass is 9.60. The summed E-state index contributed by atoms with van der Waals surface area (Å²) in [5, 5.41) is 0. The molecule has 3 rings (SSSR count). The van der Waals surface area contributed by atoms with Crippen molar-refractivity contribution < 1.29 is 14.3 Å². The van der Waals surface area contributed by atoms with Gasteiger partial charge in [-0.3, -0.25) is 9.59 Å². The van der Waals surface area contributed by atoms with Crippen LogP contribution in [0.5, 0.6) is 0 Å². The summed E-state index contributed by atoms with van der Waals surface area (Å²) in [6.07, 6.45) is 1.14. The monoisotopic (exact) mass is 336 g/mol. The summed E-state index contributed by atoms with van der Waals surface area (Å²) in [5.74, 6) is -0.485. The van der Waals surface area contributed by atoms with E-state index in [0.717, 1.165) is 17.5 Å². The Morgan fingerprint density at radius 2 is 1.60 bits per heavy atom. The number of ether oxygens (including phenoxy) is 1. The second-order valence-corrected chi connectivity index (χ2v) is 6.86. The van der Waals surface area contributed by atoms with Crippen LogP contribution in [0.15, 0.2) is 60.7 Å². The molecule has 0 amide bonds. The first-order valence-electron chi connectivity index (χ1n) is 8.87. The topological polar surface area (TPSA) is 43.4 Å². The third kappa shape index (κ3) is 3.23. The molecule has 3 nitrogen and oxygen atoms in total. The Bertz CT molecular complexity index is 738. The number of carbonyl (C=O) groups excluding carboxylic acids is 2. The van der Waals surface area contributed by atoms with E-state index in [0.29, 0.717) is 6.42 Å². The van der Waals surface area contributed by atoms with Gasteiger partial charge in [-0.25, -0.2) is 0 Å². The van der Waals surface area contributed by atoms with E-state index in [2.05, 4.69) is 12.1 Å².